The Morgan fingerprint density at radius 1 is 1.44 bits per heavy atom. The molecule has 0 bridgehead atoms. The van der Waals surface area contributed by atoms with Gasteiger partial charge in [0.1, 0.15) is 6.26 Å². The lowest BCUT2D eigenvalue weighted by Gasteiger charge is -2.00. The van der Waals surface area contributed by atoms with Gasteiger partial charge in [0.2, 0.25) is 0 Å². The molecule has 2 aromatic heterocycles. The fraction of sp³-hybridized carbons (Fsp3) is 0.0909. The van der Waals surface area contributed by atoms with Crippen LogP contribution in [0.15, 0.2) is 35.1 Å². The molecular formula is C11H9N3O4. The number of amides is 1. The zero-order valence-corrected chi connectivity index (χ0v) is 9.16. The maximum absolute atomic E-state index is 11.6. The summed E-state index contributed by atoms with van der Waals surface area (Å²) in [6, 6.07) is 4.57. The second-order valence-electron chi connectivity index (χ2n) is 3.40. The Bertz CT molecular complexity index is 565. The quantitative estimate of drug-likeness (QED) is 0.823. The van der Waals surface area contributed by atoms with Gasteiger partial charge in [0.05, 0.1) is 17.8 Å². The third kappa shape index (κ3) is 2.70. The van der Waals surface area contributed by atoms with Crippen molar-refractivity contribution in [2.24, 2.45) is 0 Å². The largest absolute Gasteiger partial charge is 0.478 e. The summed E-state index contributed by atoms with van der Waals surface area (Å²) >= 11 is 0. The second kappa shape index (κ2) is 5.09. The summed E-state index contributed by atoms with van der Waals surface area (Å²) in [5.74, 6) is -1.71. The Kier molecular flexibility index (Phi) is 3.33. The van der Waals surface area contributed by atoms with Crippen LogP contribution in [0.2, 0.25) is 0 Å². The number of furan rings is 1. The van der Waals surface area contributed by atoms with Crippen molar-refractivity contribution in [1.29, 1.82) is 0 Å². The standard InChI is InChI=1S/C11H9N3O4/c15-10(9-4-7(6-18-9)11(16)17)12-5-8-2-1-3-13-14-8/h1-4,6H,5H2,(H,12,15)(H,16,17). The fourth-order valence-corrected chi connectivity index (χ4v) is 1.25. The first-order valence-corrected chi connectivity index (χ1v) is 5.03. The first kappa shape index (κ1) is 11.8. The minimum Gasteiger partial charge on any atom is -0.478 e. The Morgan fingerprint density at radius 2 is 2.28 bits per heavy atom. The molecule has 0 unspecified atom stereocenters. The number of carbonyl (C=O) groups is 2. The van der Waals surface area contributed by atoms with Crippen LogP contribution in [0.4, 0.5) is 0 Å². The van der Waals surface area contributed by atoms with Crippen LogP contribution < -0.4 is 5.32 Å². The zero-order valence-electron chi connectivity index (χ0n) is 9.16. The van der Waals surface area contributed by atoms with E-state index < -0.39 is 11.9 Å². The molecule has 0 spiro atoms. The van der Waals surface area contributed by atoms with Gasteiger partial charge >= 0.3 is 5.97 Å². The lowest BCUT2D eigenvalue weighted by molar-refractivity contribution is 0.0696. The maximum Gasteiger partial charge on any atom is 0.338 e. The molecule has 2 rings (SSSR count). The van der Waals surface area contributed by atoms with E-state index in [0.29, 0.717) is 5.69 Å². The number of hydrogen-bond acceptors (Lipinski definition) is 5. The number of nitrogens with one attached hydrogen (secondary N) is 1. The lowest BCUT2D eigenvalue weighted by atomic mass is 10.3. The minimum absolute atomic E-state index is 0.0590. The third-order valence-corrected chi connectivity index (χ3v) is 2.13. The lowest BCUT2D eigenvalue weighted by Crippen LogP contribution is -2.22. The van der Waals surface area contributed by atoms with Crippen molar-refractivity contribution in [1.82, 2.24) is 15.5 Å². The predicted octanol–water partition coefficient (Wildman–Crippen LogP) is 0.698. The van der Waals surface area contributed by atoms with Crippen LogP contribution in [-0.4, -0.2) is 27.2 Å². The summed E-state index contributed by atoms with van der Waals surface area (Å²) in [7, 11) is 0. The highest BCUT2D eigenvalue weighted by Crippen LogP contribution is 2.07. The van der Waals surface area contributed by atoms with Crippen LogP contribution >= 0.6 is 0 Å². The van der Waals surface area contributed by atoms with E-state index >= 15 is 0 Å². The van der Waals surface area contributed by atoms with E-state index in [4.69, 9.17) is 9.52 Å². The molecule has 7 heteroatoms. The molecule has 2 N–H and O–H groups in total. The van der Waals surface area contributed by atoms with Gasteiger partial charge in [-0.1, -0.05) is 0 Å². The minimum atomic E-state index is -1.15. The van der Waals surface area contributed by atoms with Crippen LogP contribution in [-0.2, 0) is 6.54 Å². The molecule has 0 aliphatic rings. The van der Waals surface area contributed by atoms with Crippen molar-refractivity contribution in [2.45, 2.75) is 6.54 Å². The van der Waals surface area contributed by atoms with Gasteiger partial charge in [0.15, 0.2) is 5.76 Å². The molecule has 18 heavy (non-hydrogen) atoms. The van der Waals surface area contributed by atoms with Crippen LogP contribution in [0.5, 0.6) is 0 Å². The molecule has 0 aliphatic heterocycles. The van der Waals surface area contributed by atoms with Gasteiger partial charge in [0.25, 0.3) is 5.91 Å². The number of nitrogens with zero attached hydrogens (tertiary/aromatic N) is 2. The average Bonchev–Trinajstić information content (AvgIpc) is 2.87. The molecule has 0 atom stereocenters. The molecule has 1 amide bonds. The van der Waals surface area contributed by atoms with Crippen LogP contribution in [0, 0.1) is 0 Å². The van der Waals surface area contributed by atoms with Crippen molar-refractivity contribution < 1.29 is 19.1 Å². The predicted molar refractivity (Wildman–Crippen MR) is 58.9 cm³/mol. The average molecular weight is 247 g/mol. The van der Waals surface area contributed by atoms with Gasteiger partial charge in [-0.05, 0) is 12.1 Å². The number of aromatic nitrogens is 2. The van der Waals surface area contributed by atoms with Gasteiger partial charge in [-0.25, -0.2) is 4.79 Å². The van der Waals surface area contributed by atoms with Crippen LogP contribution in [0.1, 0.15) is 26.6 Å². The van der Waals surface area contributed by atoms with E-state index in [1.165, 1.54) is 6.20 Å². The summed E-state index contributed by atoms with van der Waals surface area (Å²) in [5, 5.41) is 18.7. The normalized spacial score (nSPS) is 10.0. The number of rotatable bonds is 4. The topological polar surface area (TPSA) is 105 Å². The molecule has 2 aromatic rings. The van der Waals surface area contributed by atoms with Crippen molar-refractivity contribution in [3.8, 4) is 0 Å². The smallest absolute Gasteiger partial charge is 0.338 e. The van der Waals surface area contributed by atoms with Gasteiger partial charge in [-0.3, -0.25) is 4.79 Å². The van der Waals surface area contributed by atoms with Gasteiger partial charge < -0.3 is 14.8 Å². The maximum atomic E-state index is 11.6. The molecule has 2 heterocycles. The van der Waals surface area contributed by atoms with Crippen LogP contribution in [0.3, 0.4) is 0 Å². The SMILES string of the molecule is O=C(O)c1coc(C(=O)NCc2cccnn2)c1. The Labute approximate surface area is 101 Å². The Balaban J connectivity index is 1.97. The molecule has 7 nitrogen and oxygen atoms in total. The van der Waals surface area contributed by atoms with E-state index in [2.05, 4.69) is 15.5 Å². The highest BCUT2D eigenvalue weighted by molar-refractivity contribution is 5.95. The number of carboxylic acids is 1. The first-order valence-electron chi connectivity index (χ1n) is 5.03. The zero-order chi connectivity index (χ0) is 13.0. The molecule has 0 fully saturated rings. The number of carboxylic acid groups (broad SMARTS) is 1. The summed E-state index contributed by atoms with van der Waals surface area (Å²) < 4.78 is 4.85. The van der Waals surface area contributed by atoms with Gasteiger partial charge in [0, 0.05) is 12.3 Å². The Hall–Kier alpha value is -2.70. The molecule has 0 aromatic carbocycles. The monoisotopic (exact) mass is 247 g/mol. The van der Waals surface area contributed by atoms with Gasteiger partial charge in [-0.15, -0.1) is 0 Å². The number of hydrogen-bond donors (Lipinski definition) is 2. The number of aromatic carboxylic acids is 1. The molecule has 0 saturated carbocycles. The van der Waals surface area contributed by atoms with E-state index in [0.717, 1.165) is 12.3 Å². The van der Waals surface area contributed by atoms with E-state index in [-0.39, 0.29) is 17.9 Å². The molecule has 0 aliphatic carbocycles. The van der Waals surface area contributed by atoms with Crippen molar-refractivity contribution >= 4 is 11.9 Å². The van der Waals surface area contributed by atoms with E-state index in [1.54, 1.807) is 12.1 Å². The summed E-state index contributed by atoms with van der Waals surface area (Å²) in [6.45, 7) is 0.190. The summed E-state index contributed by atoms with van der Waals surface area (Å²) in [6.07, 6.45) is 2.54. The number of carbonyl (C=O) groups excluding carboxylic acids is 1. The molecule has 0 saturated heterocycles. The summed E-state index contributed by atoms with van der Waals surface area (Å²) in [4.78, 5) is 22.2. The second-order valence-corrected chi connectivity index (χ2v) is 3.40. The Morgan fingerprint density at radius 3 is 2.89 bits per heavy atom. The third-order valence-electron chi connectivity index (χ3n) is 2.13. The highest BCUT2D eigenvalue weighted by atomic mass is 16.4. The van der Waals surface area contributed by atoms with Crippen LogP contribution in [0.25, 0.3) is 0 Å². The van der Waals surface area contributed by atoms with Crippen molar-refractivity contribution in [3.63, 3.8) is 0 Å². The molecule has 0 radical (unpaired) electrons. The summed E-state index contributed by atoms with van der Waals surface area (Å²) in [5.41, 5.74) is 0.524. The van der Waals surface area contributed by atoms with E-state index in [9.17, 15) is 9.59 Å². The van der Waals surface area contributed by atoms with Gasteiger partial charge in [-0.2, -0.15) is 10.2 Å². The highest BCUT2D eigenvalue weighted by Gasteiger charge is 2.14. The first-order chi connectivity index (χ1) is 8.66. The molecule has 92 valence electrons. The van der Waals surface area contributed by atoms with E-state index in [1.807, 2.05) is 0 Å². The van der Waals surface area contributed by atoms with Crippen molar-refractivity contribution in [3.05, 3.63) is 47.7 Å². The molecular weight excluding hydrogens is 238 g/mol. The fourth-order valence-electron chi connectivity index (χ4n) is 1.25. The van der Waals surface area contributed by atoms with Crippen molar-refractivity contribution in [2.75, 3.05) is 0 Å².